The highest BCUT2D eigenvalue weighted by Gasteiger charge is 2.39. The Balaban J connectivity index is 1.70. The summed E-state index contributed by atoms with van der Waals surface area (Å²) in [7, 11) is 0. The second-order valence-electron chi connectivity index (χ2n) is 6.19. The van der Waals surface area contributed by atoms with Crippen molar-refractivity contribution in [2.75, 3.05) is 19.8 Å². The number of hydrogen-bond acceptors (Lipinski definition) is 4. The molecule has 0 saturated carbocycles. The van der Waals surface area contributed by atoms with Crippen LogP contribution in [0.1, 0.15) is 36.8 Å². The summed E-state index contributed by atoms with van der Waals surface area (Å²) in [5.74, 6) is 0.928. The second-order valence-corrected chi connectivity index (χ2v) is 6.19. The monoisotopic (exact) mass is 291 g/mol. The summed E-state index contributed by atoms with van der Waals surface area (Å²) >= 11 is 0. The maximum absolute atomic E-state index is 6.26. The lowest BCUT2D eigenvalue weighted by Gasteiger charge is -2.43. The fraction of sp³-hybridized carbons (Fsp3) is 0.647. The maximum atomic E-state index is 6.26. The van der Waals surface area contributed by atoms with Crippen molar-refractivity contribution in [1.82, 2.24) is 0 Å². The molecule has 0 aromatic heterocycles. The van der Waals surface area contributed by atoms with E-state index in [1.54, 1.807) is 0 Å². The Kier molecular flexibility index (Phi) is 4.48. The average Bonchev–Trinajstić information content (AvgIpc) is 2.50. The molecule has 2 aliphatic heterocycles. The molecule has 2 heterocycles. The van der Waals surface area contributed by atoms with Gasteiger partial charge in [-0.05, 0) is 25.8 Å². The largest absolute Gasteiger partial charge is 0.490 e. The molecule has 3 rings (SSSR count). The Morgan fingerprint density at radius 2 is 2.10 bits per heavy atom. The highest BCUT2D eigenvalue weighted by Crippen LogP contribution is 2.36. The minimum absolute atomic E-state index is 0.0330. The van der Waals surface area contributed by atoms with Gasteiger partial charge in [-0.15, -0.1) is 0 Å². The zero-order valence-electron chi connectivity index (χ0n) is 12.8. The van der Waals surface area contributed by atoms with Gasteiger partial charge in [-0.3, -0.25) is 0 Å². The van der Waals surface area contributed by atoms with Crippen LogP contribution < -0.4 is 10.5 Å². The zero-order valence-corrected chi connectivity index (χ0v) is 12.8. The van der Waals surface area contributed by atoms with E-state index in [1.807, 2.05) is 6.07 Å². The van der Waals surface area contributed by atoms with Crippen LogP contribution in [-0.2, 0) is 16.0 Å². The number of rotatable bonds is 3. The van der Waals surface area contributed by atoms with Crippen molar-refractivity contribution in [3.63, 3.8) is 0 Å². The molecule has 1 atom stereocenters. The fourth-order valence-corrected chi connectivity index (χ4v) is 3.34. The summed E-state index contributed by atoms with van der Waals surface area (Å²) in [4.78, 5) is 0. The normalized spacial score (nSPS) is 25.0. The van der Waals surface area contributed by atoms with Crippen LogP contribution in [0.25, 0.3) is 0 Å². The number of hydrogen-bond donors (Lipinski definition) is 1. The minimum Gasteiger partial charge on any atom is -0.490 e. The molecule has 1 unspecified atom stereocenters. The SMILES string of the molecule is Cc1ccc(OC2CCOC3(CCOCC3)C2)c(CN)c1. The molecule has 1 aromatic carbocycles. The quantitative estimate of drug-likeness (QED) is 0.930. The van der Waals surface area contributed by atoms with Crippen molar-refractivity contribution in [1.29, 1.82) is 0 Å². The lowest BCUT2D eigenvalue weighted by atomic mass is 9.85. The third-order valence-corrected chi connectivity index (χ3v) is 4.58. The number of ether oxygens (including phenoxy) is 3. The van der Waals surface area contributed by atoms with E-state index in [2.05, 4.69) is 19.1 Å². The summed E-state index contributed by atoms with van der Waals surface area (Å²) in [5, 5.41) is 0. The van der Waals surface area contributed by atoms with Gasteiger partial charge in [-0.25, -0.2) is 0 Å². The Morgan fingerprint density at radius 1 is 1.29 bits per heavy atom. The smallest absolute Gasteiger partial charge is 0.124 e. The summed E-state index contributed by atoms with van der Waals surface area (Å²) in [5.41, 5.74) is 8.11. The highest BCUT2D eigenvalue weighted by molar-refractivity contribution is 5.37. The number of nitrogens with two attached hydrogens (primary N) is 1. The molecule has 4 nitrogen and oxygen atoms in total. The molecule has 116 valence electrons. The van der Waals surface area contributed by atoms with Crippen LogP contribution >= 0.6 is 0 Å². The van der Waals surface area contributed by atoms with Crippen LogP contribution in [0.2, 0.25) is 0 Å². The predicted molar refractivity (Wildman–Crippen MR) is 81.5 cm³/mol. The first-order valence-electron chi connectivity index (χ1n) is 7.89. The summed E-state index contributed by atoms with van der Waals surface area (Å²) in [6, 6.07) is 6.24. The van der Waals surface area contributed by atoms with Crippen LogP contribution in [0.4, 0.5) is 0 Å². The van der Waals surface area contributed by atoms with Crippen LogP contribution in [0.15, 0.2) is 18.2 Å². The molecule has 0 aliphatic carbocycles. The summed E-state index contributed by atoms with van der Waals surface area (Å²) in [6.07, 6.45) is 4.06. The lowest BCUT2D eigenvalue weighted by molar-refractivity contribution is -0.155. The van der Waals surface area contributed by atoms with E-state index < -0.39 is 0 Å². The van der Waals surface area contributed by atoms with Crippen LogP contribution in [0.3, 0.4) is 0 Å². The maximum Gasteiger partial charge on any atom is 0.124 e. The van der Waals surface area contributed by atoms with Gasteiger partial charge in [-0.2, -0.15) is 0 Å². The van der Waals surface area contributed by atoms with Crippen molar-refractivity contribution in [2.45, 2.75) is 50.9 Å². The Bertz CT molecular complexity index is 477. The summed E-state index contributed by atoms with van der Waals surface area (Å²) in [6.45, 7) is 4.96. The molecule has 1 spiro atoms. The number of benzene rings is 1. The molecule has 21 heavy (non-hydrogen) atoms. The van der Waals surface area contributed by atoms with Gasteiger partial charge in [-0.1, -0.05) is 17.7 Å². The molecule has 1 aromatic rings. The van der Waals surface area contributed by atoms with E-state index in [0.29, 0.717) is 6.54 Å². The van der Waals surface area contributed by atoms with Crippen LogP contribution in [0, 0.1) is 6.92 Å². The molecule has 2 N–H and O–H groups in total. The van der Waals surface area contributed by atoms with Crippen molar-refractivity contribution < 1.29 is 14.2 Å². The molecule has 0 bridgehead atoms. The van der Waals surface area contributed by atoms with E-state index in [0.717, 1.165) is 56.8 Å². The van der Waals surface area contributed by atoms with Gasteiger partial charge in [0, 0.05) is 38.2 Å². The van der Waals surface area contributed by atoms with Gasteiger partial charge in [0.25, 0.3) is 0 Å². The number of aryl methyl sites for hydroxylation is 1. The van der Waals surface area contributed by atoms with Gasteiger partial charge >= 0.3 is 0 Å². The predicted octanol–water partition coefficient (Wildman–Crippen LogP) is 2.56. The molecule has 2 saturated heterocycles. The van der Waals surface area contributed by atoms with Crippen molar-refractivity contribution >= 4 is 0 Å². The van der Waals surface area contributed by atoms with Crippen LogP contribution in [0.5, 0.6) is 5.75 Å². The first kappa shape index (κ1) is 14.8. The summed E-state index contributed by atoms with van der Waals surface area (Å²) < 4.78 is 17.8. The molecular formula is C17H25NO3. The Labute approximate surface area is 126 Å². The first-order valence-corrected chi connectivity index (χ1v) is 7.89. The highest BCUT2D eigenvalue weighted by atomic mass is 16.5. The minimum atomic E-state index is -0.0330. The molecule has 2 fully saturated rings. The Morgan fingerprint density at radius 3 is 2.86 bits per heavy atom. The van der Waals surface area contributed by atoms with Crippen LogP contribution in [-0.4, -0.2) is 31.5 Å². The first-order chi connectivity index (χ1) is 10.2. The molecular weight excluding hydrogens is 266 g/mol. The average molecular weight is 291 g/mol. The van der Waals surface area contributed by atoms with Gasteiger partial charge in [0.15, 0.2) is 0 Å². The van der Waals surface area contributed by atoms with Gasteiger partial charge in [0.05, 0.1) is 12.2 Å². The zero-order chi connectivity index (χ0) is 14.7. The van der Waals surface area contributed by atoms with Crippen molar-refractivity contribution in [3.8, 4) is 5.75 Å². The fourth-order valence-electron chi connectivity index (χ4n) is 3.34. The topological polar surface area (TPSA) is 53.7 Å². The van der Waals surface area contributed by atoms with E-state index in [-0.39, 0.29) is 11.7 Å². The van der Waals surface area contributed by atoms with Crippen molar-refractivity contribution in [2.24, 2.45) is 5.73 Å². The van der Waals surface area contributed by atoms with Gasteiger partial charge in [0.1, 0.15) is 11.9 Å². The van der Waals surface area contributed by atoms with E-state index >= 15 is 0 Å². The molecule has 2 aliphatic rings. The second kappa shape index (κ2) is 6.34. The lowest BCUT2D eigenvalue weighted by Crippen LogP contribution is -2.47. The van der Waals surface area contributed by atoms with E-state index in [4.69, 9.17) is 19.9 Å². The van der Waals surface area contributed by atoms with Gasteiger partial charge < -0.3 is 19.9 Å². The third kappa shape index (κ3) is 3.39. The van der Waals surface area contributed by atoms with E-state index in [1.165, 1.54) is 5.56 Å². The third-order valence-electron chi connectivity index (χ3n) is 4.58. The standard InChI is InChI=1S/C17H25NO3/c1-13-2-3-16(14(10-13)12-18)21-15-4-7-20-17(11-15)5-8-19-9-6-17/h2-3,10,15H,4-9,11-12,18H2,1H3. The Hall–Kier alpha value is -1.10. The van der Waals surface area contributed by atoms with Crippen molar-refractivity contribution in [3.05, 3.63) is 29.3 Å². The molecule has 0 radical (unpaired) electrons. The van der Waals surface area contributed by atoms with Gasteiger partial charge in [0.2, 0.25) is 0 Å². The molecule has 0 amide bonds. The van der Waals surface area contributed by atoms with E-state index in [9.17, 15) is 0 Å². The molecule has 4 heteroatoms.